The molecule has 0 N–H and O–H groups in total. The maximum absolute atomic E-state index is 15.0. The van der Waals surface area contributed by atoms with Crippen LogP contribution in [0.5, 0.6) is 11.5 Å². The number of rotatable bonds is 7. The second kappa shape index (κ2) is 10.7. The van der Waals surface area contributed by atoms with Crippen molar-refractivity contribution in [2.24, 2.45) is 0 Å². The molecule has 1 aliphatic carbocycles. The van der Waals surface area contributed by atoms with Gasteiger partial charge < -0.3 is 9.47 Å². The van der Waals surface area contributed by atoms with Crippen molar-refractivity contribution in [3.8, 4) is 22.6 Å². The minimum Gasteiger partial charge on any atom is -0.491 e. The first-order chi connectivity index (χ1) is 17.2. The summed E-state index contributed by atoms with van der Waals surface area (Å²) < 4.78 is 96.8. The molecule has 2 nitrogen and oxygen atoms in total. The fourth-order valence-corrected chi connectivity index (χ4v) is 4.31. The molecule has 190 valence electrons. The zero-order valence-corrected chi connectivity index (χ0v) is 19.7. The molecule has 0 radical (unpaired) electrons. The summed E-state index contributed by atoms with van der Waals surface area (Å²) in [7, 11) is 0. The maximum atomic E-state index is 15.0. The number of benzene rings is 3. The van der Waals surface area contributed by atoms with Crippen LogP contribution in [-0.4, -0.2) is 13.2 Å². The standard InChI is InChI=1S/C28H24F6O2/c1-3-35-21-13-11-20(26(32)28(21)34)19-10-9-18(24(30)25(19)31)17-7-5-16(6-8-17)14-36-22-12-4-15(2)23(29)27(22)33/h4-5,9-13,17H,3,6-8,14H2,1-2H3. The predicted molar refractivity (Wildman–Crippen MR) is 124 cm³/mol. The molecular weight excluding hydrogens is 482 g/mol. The molecule has 3 aromatic carbocycles. The Labute approximate surface area is 205 Å². The molecule has 0 fully saturated rings. The lowest BCUT2D eigenvalue weighted by Gasteiger charge is -2.23. The second-order valence-electron chi connectivity index (χ2n) is 8.63. The highest BCUT2D eigenvalue weighted by molar-refractivity contribution is 5.67. The minimum absolute atomic E-state index is 0.0461. The van der Waals surface area contributed by atoms with Crippen LogP contribution in [0, 0.1) is 41.8 Å². The van der Waals surface area contributed by atoms with E-state index in [4.69, 9.17) is 9.47 Å². The third-order valence-corrected chi connectivity index (χ3v) is 6.35. The normalized spacial score (nSPS) is 15.6. The van der Waals surface area contributed by atoms with Gasteiger partial charge >= 0.3 is 0 Å². The maximum Gasteiger partial charge on any atom is 0.201 e. The van der Waals surface area contributed by atoms with E-state index in [1.54, 1.807) is 6.92 Å². The van der Waals surface area contributed by atoms with Gasteiger partial charge in [-0.3, -0.25) is 0 Å². The highest BCUT2D eigenvalue weighted by atomic mass is 19.2. The summed E-state index contributed by atoms with van der Waals surface area (Å²) in [5, 5.41) is 0. The predicted octanol–water partition coefficient (Wildman–Crippen LogP) is 8.17. The Morgan fingerprint density at radius 3 is 2.00 bits per heavy atom. The Kier molecular flexibility index (Phi) is 7.62. The van der Waals surface area contributed by atoms with Gasteiger partial charge in [0.1, 0.15) is 6.61 Å². The van der Waals surface area contributed by atoms with E-state index >= 15 is 4.39 Å². The van der Waals surface area contributed by atoms with E-state index < -0.39 is 40.5 Å². The molecule has 0 saturated heterocycles. The summed E-state index contributed by atoms with van der Waals surface area (Å²) in [5.41, 5.74) is 0.349. The fraction of sp³-hybridized carbons (Fsp3) is 0.286. The zero-order chi connectivity index (χ0) is 26.0. The van der Waals surface area contributed by atoms with Gasteiger partial charge in [-0.2, -0.15) is 8.78 Å². The van der Waals surface area contributed by atoms with Gasteiger partial charge in [0.05, 0.1) is 6.61 Å². The van der Waals surface area contributed by atoms with E-state index in [0.717, 1.165) is 11.6 Å². The van der Waals surface area contributed by atoms with Crippen LogP contribution in [0.2, 0.25) is 0 Å². The summed E-state index contributed by atoms with van der Waals surface area (Å²) in [6.45, 7) is 3.23. The van der Waals surface area contributed by atoms with Gasteiger partial charge in [0, 0.05) is 11.1 Å². The Hall–Kier alpha value is -3.42. The summed E-state index contributed by atoms with van der Waals surface area (Å²) in [6, 6.07) is 7.73. The van der Waals surface area contributed by atoms with Crippen molar-refractivity contribution in [2.45, 2.75) is 39.0 Å². The average molecular weight is 506 g/mol. The van der Waals surface area contributed by atoms with Gasteiger partial charge in [0.25, 0.3) is 0 Å². The summed E-state index contributed by atoms with van der Waals surface area (Å²) in [4.78, 5) is 0. The number of allylic oxidation sites excluding steroid dienone is 1. The molecule has 0 saturated carbocycles. The summed E-state index contributed by atoms with van der Waals surface area (Å²) in [6.07, 6.45) is 3.15. The van der Waals surface area contributed by atoms with Crippen molar-refractivity contribution < 1.29 is 35.8 Å². The Bertz CT molecular complexity index is 1320. The number of hydrogen-bond acceptors (Lipinski definition) is 2. The van der Waals surface area contributed by atoms with Crippen molar-refractivity contribution in [1.82, 2.24) is 0 Å². The van der Waals surface area contributed by atoms with Gasteiger partial charge in [0.15, 0.2) is 34.8 Å². The zero-order valence-electron chi connectivity index (χ0n) is 19.7. The van der Waals surface area contributed by atoms with Crippen LogP contribution in [0.3, 0.4) is 0 Å². The Morgan fingerprint density at radius 1 is 0.722 bits per heavy atom. The van der Waals surface area contributed by atoms with Crippen molar-refractivity contribution in [3.05, 3.63) is 94.1 Å². The average Bonchev–Trinajstić information content (AvgIpc) is 2.88. The third kappa shape index (κ3) is 4.94. The van der Waals surface area contributed by atoms with Crippen LogP contribution in [-0.2, 0) is 0 Å². The molecule has 0 aliphatic heterocycles. The molecule has 0 spiro atoms. The lowest BCUT2D eigenvalue weighted by molar-refractivity contribution is 0.314. The van der Waals surface area contributed by atoms with Crippen molar-refractivity contribution >= 4 is 0 Å². The highest BCUT2D eigenvalue weighted by Crippen LogP contribution is 2.38. The molecule has 0 aromatic heterocycles. The molecule has 8 heteroatoms. The van der Waals surface area contributed by atoms with Crippen LogP contribution in [0.1, 0.15) is 43.2 Å². The SMILES string of the molecule is CCOc1ccc(-c2ccc(C3CC=C(COc4ccc(C)c(F)c4F)CC3)c(F)c2F)c(F)c1F. The molecule has 4 rings (SSSR count). The van der Waals surface area contributed by atoms with Crippen LogP contribution in [0.15, 0.2) is 48.0 Å². The highest BCUT2D eigenvalue weighted by Gasteiger charge is 2.25. The van der Waals surface area contributed by atoms with Crippen LogP contribution >= 0.6 is 0 Å². The van der Waals surface area contributed by atoms with Gasteiger partial charge in [-0.25, -0.2) is 17.6 Å². The first-order valence-corrected chi connectivity index (χ1v) is 11.6. The first kappa shape index (κ1) is 25.7. The van der Waals surface area contributed by atoms with Crippen LogP contribution in [0.25, 0.3) is 11.1 Å². The third-order valence-electron chi connectivity index (χ3n) is 6.35. The van der Waals surface area contributed by atoms with E-state index in [-0.39, 0.29) is 47.3 Å². The quantitative estimate of drug-likeness (QED) is 0.238. The van der Waals surface area contributed by atoms with Gasteiger partial charge in [-0.1, -0.05) is 24.3 Å². The van der Waals surface area contributed by atoms with Crippen LogP contribution in [0.4, 0.5) is 26.3 Å². The smallest absolute Gasteiger partial charge is 0.201 e. The fourth-order valence-electron chi connectivity index (χ4n) is 4.31. The second-order valence-corrected chi connectivity index (χ2v) is 8.63. The lowest BCUT2D eigenvalue weighted by Crippen LogP contribution is -2.12. The summed E-state index contributed by atoms with van der Waals surface area (Å²) >= 11 is 0. The molecule has 1 aliphatic rings. The number of halogens is 6. The minimum atomic E-state index is -1.32. The lowest BCUT2D eigenvalue weighted by atomic mass is 9.83. The van der Waals surface area contributed by atoms with Crippen LogP contribution < -0.4 is 9.47 Å². The van der Waals surface area contributed by atoms with E-state index in [1.165, 1.54) is 37.3 Å². The molecule has 0 bridgehead atoms. The van der Waals surface area contributed by atoms with Crippen molar-refractivity contribution in [3.63, 3.8) is 0 Å². The van der Waals surface area contributed by atoms with E-state index in [9.17, 15) is 22.0 Å². The molecule has 0 heterocycles. The first-order valence-electron chi connectivity index (χ1n) is 11.6. The van der Waals surface area contributed by atoms with E-state index in [0.29, 0.717) is 19.3 Å². The largest absolute Gasteiger partial charge is 0.491 e. The van der Waals surface area contributed by atoms with Gasteiger partial charge in [-0.15, -0.1) is 0 Å². The molecule has 0 amide bonds. The van der Waals surface area contributed by atoms with Crippen molar-refractivity contribution in [2.75, 3.05) is 13.2 Å². The Morgan fingerprint density at radius 2 is 1.33 bits per heavy atom. The summed E-state index contributed by atoms with van der Waals surface area (Å²) in [5.74, 6) is -7.80. The molecular formula is C28H24F6O2. The van der Waals surface area contributed by atoms with Gasteiger partial charge in [-0.05, 0) is 73.9 Å². The van der Waals surface area contributed by atoms with Gasteiger partial charge in [0.2, 0.25) is 11.6 Å². The number of hydrogen-bond donors (Lipinski definition) is 0. The van der Waals surface area contributed by atoms with Crippen molar-refractivity contribution in [1.29, 1.82) is 0 Å². The molecule has 1 unspecified atom stereocenters. The number of ether oxygens (including phenoxy) is 2. The monoisotopic (exact) mass is 506 g/mol. The topological polar surface area (TPSA) is 18.5 Å². The van der Waals surface area contributed by atoms with E-state index in [1.807, 2.05) is 6.08 Å². The number of aryl methyl sites for hydroxylation is 1. The van der Waals surface area contributed by atoms with E-state index in [2.05, 4.69) is 0 Å². The molecule has 1 atom stereocenters. The Balaban J connectivity index is 1.49. The molecule has 36 heavy (non-hydrogen) atoms. The molecule has 3 aromatic rings.